The predicted molar refractivity (Wildman–Crippen MR) is 80.6 cm³/mol. The molecule has 1 heterocycles. The SMILES string of the molecule is CCCc1ccccc1NCC(O)CN1CCCC1. The van der Waals surface area contributed by atoms with Crippen LogP contribution in [0.3, 0.4) is 0 Å². The Kier molecular flexibility index (Phi) is 5.67. The average Bonchev–Trinajstić information content (AvgIpc) is 2.91. The molecule has 1 atom stereocenters. The van der Waals surface area contributed by atoms with Gasteiger partial charge >= 0.3 is 0 Å². The second-order valence-corrected chi connectivity index (χ2v) is 5.45. The van der Waals surface area contributed by atoms with E-state index >= 15 is 0 Å². The summed E-state index contributed by atoms with van der Waals surface area (Å²) < 4.78 is 0. The molecule has 3 nitrogen and oxygen atoms in total. The second kappa shape index (κ2) is 7.51. The fourth-order valence-electron chi connectivity index (χ4n) is 2.74. The summed E-state index contributed by atoms with van der Waals surface area (Å²) >= 11 is 0. The Morgan fingerprint density at radius 1 is 1.26 bits per heavy atom. The van der Waals surface area contributed by atoms with E-state index in [1.54, 1.807) is 0 Å². The minimum atomic E-state index is -0.284. The maximum absolute atomic E-state index is 10.1. The van der Waals surface area contributed by atoms with Crippen molar-refractivity contribution < 1.29 is 5.11 Å². The molecule has 1 aliphatic heterocycles. The van der Waals surface area contributed by atoms with Gasteiger partial charge in [0, 0.05) is 18.8 Å². The van der Waals surface area contributed by atoms with Crippen molar-refractivity contribution in [3.8, 4) is 0 Å². The van der Waals surface area contributed by atoms with Crippen LogP contribution in [0.5, 0.6) is 0 Å². The zero-order chi connectivity index (χ0) is 13.5. The molecule has 0 aromatic heterocycles. The number of likely N-dealkylation sites (tertiary alicyclic amines) is 1. The van der Waals surface area contributed by atoms with Crippen LogP contribution in [0, 0.1) is 0 Å². The quantitative estimate of drug-likeness (QED) is 0.792. The number of nitrogens with one attached hydrogen (secondary N) is 1. The van der Waals surface area contributed by atoms with Crippen molar-refractivity contribution in [1.82, 2.24) is 4.90 Å². The second-order valence-electron chi connectivity index (χ2n) is 5.45. The molecule has 0 bridgehead atoms. The minimum Gasteiger partial charge on any atom is -0.390 e. The number of hydrogen-bond donors (Lipinski definition) is 2. The first kappa shape index (κ1) is 14.4. The van der Waals surface area contributed by atoms with Crippen LogP contribution in [0.2, 0.25) is 0 Å². The summed E-state index contributed by atoms with van der Waals surface area (Å²) in [6, 6.07) is 8.40. The van der Waals surface area contributed by atoms with Gasteiger partial charge in [0.15, 0.2) is 0 Å². The third-order valence-corrected chi connectivity index (χ3v) is 3.73. The first-order valence-electron chi connectivity index (χ1n) is 7.51. The Balaban J connectivity index is 1.80. The Bertz CT molecular complexity index is 375. The van der Waals surface area contributed by atoms with Crippen molar-refractivity contribution in [2.75, 3.05) is 31.5 Å². The summed E-state index contributed by atoms with van der Waals surface area (Å²) in [7, 11) is 0. The smallest absolute Gasteiger partial charge is 0.0839 e. The zero-order valence-electron chi connectivity index (χ0n) is 11.9. The monoisotopic (exact) mass is 262 g/mol. The summed E-state index contributed by atoms with van der Waals surface area (Å²) in [6.45, 7) is 5.91. The van der Waals surface area contributed by atoms with Crippen LogP contribution in [0.25, 0.3) is 0 Å². The van der Waals surface area contributed by atoms with Gasteiger partial charge in [-0.2, -0.15) is 0 Å². The van der Waals surface area contributed by atoms with Gasteiger partial charge in [-0.25, -0.2) is 0 Å². The van der Waals surface area contributed by atoms with Crippen molar-refractivity contribution in [1.29, 1.82) is 0 Å². The Morgan fingerprint density at radius 2 is 2.00 bits per heavy atom. The van der Waals surface area contributed by atoms with Crippen molar-refractivity contribution in [3.05, 3.63) is 29.8 Å². The number of aryl methyl sites for hydroxylation is 1. The normalized spacial score (nSPS) is 17.6. The van der Waals surface area contributed by atoms with Crippen molar-refractivity contribution in [2.45, 2.75) is 38.7 Å². The first-order chi connectivity index (χ1) is 9.29. The number of benzene rings is 1. The molecular formula is C16H26N2O. The molecule has 0 spiro atoms. The zero-order valence-corrected chi connectivity index (χ0v) is 11.9. The van der Waals surface area contributed by atoms with Crippen LogP contribution in [0.4, 0.5) is 5.69 Å². The van der Waals surface area contributed by atoms with Gasteiger partial charge in [-0.1, -0.05) is 31.5 Å². The Morgan fingerprint density at radius 3 is 2.74 bits per heavy atom. The molecule has 0 radical (unpaired) electrons. The third kappa shape index (κ3) is 4.51. The number of nitrogens with zero attached hydrogens (tertiary/aromatic N) is 1. The lowest BCUT2D eigenvalue weighted by atomic mass is 10.1. The highest BCUT2D eigenvalue weighted by molar-refractivity contribution is 5.51. The number of hydrogen-bond acceptors (Lipinski definition) is 3. The lowest BCUT2D eigenvalue weighted by molar-refractivity contribution is 0.135. The number of rotatable bonds is 7. The summed E-state index contributed by atoms with van der Waals surface area (Å²) in [6.07, 6.45) is 4.51. The van der Waals surface area contributed by atoms with E-state index in [0.29, 0.717) is 6.54 Å². The third-order valence-electron chi connectivity index (χ3n) is 3.73. The number of aliphatic hydroxyl groups is 1. The van der Waals surface area contributed by atoms with Gasteiger partial charge in [0.25, 0.3) is 0 Å². The molecule has 2 rings (SSSR count). The summed E-state index contributed by atoms with van der Waals surface area (Å²) in [4.78, 5) is 2.35. The molecular weight excluding hydrogens is 236 g/mol. The molecule has 19 heavy (non-hydrogen) atoms. The van der Waals surface area contributed by atoms with E-state index in [1.165, 1.54) is 24.1 Å². The molecule has 106 valence electrons. The standard InChI is InChI=1S/C16H26N2O/c1-2-7-14-8-3-4-9-16(14)17-12-15(19)13-18-10-5-6-11-18/h3-4,8-9,15,17,19H,2,5-7,10-13H2,1H3. The highest BCUT2D eigenvalue weighted by Crippen LogP contribution is 2.17. The van der Waals surface area contributed by atoms with Gasteiger partial charge in [0.1, 0.15) is 0 Å². The number of para-hydroxylation sites is 1. The van der Waals surface area contributed by atoms with Crippen LogP contribution in [-0.4, -0.2) is 42.3 Å². The fourth-order valence-corrected chi connectivity index (χ4v) is 2.74. The van der Waals surface area contributed by atoms with Crippen molar-refractivity contribution in [2.24, 2.45) is 0 Å². The van der Waals surface area contributed by atoms with E-state index in [2.05, 4.69) is 35.3 Å². The summed E-state index contributed by atoms with van der Waals surface area (Å²) in [5.41, 5.74) is 2.52. The maximum atomic E-state index is 10.1. The van der Waals surface area contributed by atoms with Crippen molar-refractivity contribution in [3.63, 3.8) is 0 Å². The Labute approximate surface area is 116 Å². The van der Waals surface area contributed by atoms with E-state index in [-0.39, 0.29) is 6.10 Å². The summed E-state index contributed by atoms with van der Waals surface area (Å²) in [5.74, 6) is 0. The van der Waals surface area contributed by atoms with Crippen molar-refractivity contribution >= 4 is 5.69 Å². The van der Waals surface area contributed by atoms with Gasteiger partial charge in [-0.15, -0.1) is 0 Å². The molecule has 3 heteroatoms. The molecule has 1 saturated heterocycles. The van der Waals surface area contributed by atoms with E-state index < -0.39 is 0 Å². The topological polar surface area (TPSA) is 35.5 Å². The highest BCUT2D eigenvalue weighted by Gasteiger charge is 2.15. The number of aliphatic hydroxyl groups excluding tert-OH is 1. The molecule has 1 fully saturated rings. The molecule has 0 saturated carbocycles. The first-order valence-corrected chi connectivity index (χ1v) is 7.51. The van der Waals surface area contributed by atoms with Crippen LogP contribution < -0.4 is 5.32 Å². The number of anilines is 1. The van der Waals surface area contributed by atoms with E-state index in [1.807, 2.05) is 6.07 Å². The van der Waals surface area contributed by atoms with Gasteiger partial charge in [-0.05, 0) is 44.0 Å². The lowest BCUT2D eigenvalue weighted by Crippen LogP contribution is -2.34. The molecule has 0 amide bonds. The Hall–Kier alpha value is -1.06. The van der Waals surface area contributed by atoms with Crippen LogP contribution in [0.1, 0.15) is 31.7 Å². The van der Waals surface area contributed by atoms with E-state index in [0.717, 1.165) is 32.5 Å². The molecule has 1 aromatic rings. The lowest BCUT2D eigenvalue weighted by Gasteiger charge is -2.20. The minimum absolute atomic E-state index is 0.284. The maximum Gasteiger partial charge on any atom is 0.0839 e. The van der Waals surface area contributed by atoms with Gasteiger partial charge in [-0.3, -0.25) is 0 Å². The summed E-state index contributed by atoms with van der Waals surface area (Å²) in [5, 5.41) is 13.5. The van der Waals surface area contributed by atoms with Gasteiger partial charge in [0.2, 0.25) is 0 Å². The molecule has 1 aromatic carbocycles. The molecule has 1 unspecified atom stereocenters. The van der Waals surface area contributed by atoms with Crippen LogP contribution >= 0.6 is 0 Å². The average molecular weight is 262 g/mol. The molecule has 0 aliphatic carbocycles. The predicted octanol–water partition coefficient (Wildman–Crippen LogP) is 2.51. The molecule has 1 aliphatic rings. The highest BCUT2D eigenvalue weighted by atomic mass is 16.3. The van der Waals surface area contributed by atoms with Crippen LogP contribution in [-0.2, 0) is 6.42 Å². The fraction of sp³-hybridized carbons (Fsp3) is 0.625. The van der Waals surface area contributed by atoms with Gasteiger partial charge < -0.3 is 15.3 Å². The van der Waals surface area contributed by atoms with E-state index in [4.69, 9.17) is 0 Å². The molecule has 2 N–H and O–H groups in total. The van der Waals surface area contributed by atoms with Crippen LogP contribution in [0.15, 0.2) is 24.3 Å². The van der Waals surface area contributed by atoms with E-state index in [9.17, 15) is 5.11 Å². The number of β-amino-alcohol motifs (C(OH)–C–C–N with tert-alkyl or cyclic N) is 1. The largest absolute Gasteiger partial charge is 0.390 e. The van der Waals surface area contributed by atoms with Gasteiger partial charge in [0.05, 0.1) is 6.10 Å².